The van der Waals surface area contributed by atoms with Crippen LogP contribution in [0.3, 0.4) is 0 Å². The van der Waals surface area contributed by atoms with Crippen LogP contribution in [0.5, 0.6) is 0 Å². The largest absolute Gasteiger partial charge is 0.466 e. The average molecular weight is 448 g/mol. The Hall–Kier alpha value is -3.78. The first kappa shape index (κ1) is 21.4. The molecule has 0 bridgehead atoms. The van der Waals surface area contributed by atoms with Crippen molar-refractivity contribution < 1.29 is 4.53 Å². The van der Waals surface area contributed by atoms with Crippen molar-refractivity contribution in [3.63, 3.8) is 0 Å². The molecule has 0 radical (unpaired) electrons. The first-order valence-electron chi connectivity index (χ1n) is 10.2. The summed E-state index contributed by atoms with van der Waals surface area (Å²) >= 11 is 0. The highest BCUT2D eigenvalue weighted by atomic mass is 28.4. The zero-order valence-electron chi connectivity index (χ0n) is 18.7. The summed E-state index contributed by atoms with van der Waals surface area (Å²) in [7, 11) is -2.26. The molecule has 2 N–H and O–H groups in total. The summed E-state index contributed by atoms with van der Waals surface area (Å²) < 4.78 is 8.34. The maximum atomic E-state index is 8.88. The van der Waals surface area contributed by atoms with Crippen LogP contribution >= 0.6 is 0 Å². The van der Waals surface area contributed by atoms with Crippen LogP contribution in [0.15, 0.2) is 36.7 Å². The van der Waals surface area contributed by atoms with Gasteiger partial charge in [0.25, 0.3) is 8.32 Å². The molecule has 4 aromatic heterocycles. The second-order valence-electron chi connectivity index (χ2n) is 8.98. The lowest BCUT2D eigenvalue weighted by molar-refractivity contribution is 0.264. The number of aromatic nitrogens is 7. The third-order valence-corrected chi connectivity index (χ3v) is 9.93. The van der Waals surface area contributed by atoms with Crippen molar-refractivity contribution in [1.82, 2.24) is 34.7 Å². The van der Waals surface area contributed by atoms with Gasteiger partial charge in [0.15, 0.2) is 11.5 Å². The number of nitrogens with zero attached hydrogens (tertiary/aromatic N) is 8. The minimum Gasteiger partial charge on any atom is -0.466 e. The van der Waals surface area contributed by atoms with Crippen LogP contribution in [-0.4, -0.2) is 43.0 Å². The number of fused-ring (bicyclic) bond motifs is 1. The number of nitriles is 1. The van der Waals surface area contributed by atoms with Gasteiger partial charge in [0, 0.05) is 6.20 Å². The Morgan fingerprint density at radius 1 is 1.16 bits per heavy atom. The maximum absolute atomic E-state index is 8.88. The van der Waals surface area contributed by atoms with Gasteiger partial charge in [-0.1, -0.05) is 20.8 Å². The van der Waals surface area contributed by atoms with E-state index in [1.54, 1.807) is 17.1 Å². The van der Waals surface area contributed by atoms with Crippen LogP contribution in [0.25, 0.3) is 33.9 Å². The van der Waals surface area contributed by atoms with Crippen LogP contribution in [-0.2, 0) is 6.54 Å². The Morgan fingerprint density at radius 2 is 1.94 bits per heavy atom. The molecule has 4 rings (SSSR count). The molecule has 0 saturated carbocycles. The van der Waals surface area contributed by atoms with Crippen molar-refractivity contribution in [1.29, 1.82) is 5.26 Å². The molecule has 0 aromatic carbocycles. The van der Waals surface area contributed by atoms with Crippen molar-refractivity contribution in [2.24, 2.45) is 0 Å². The molecular weight excluding hydrogens is 422 g/mol. The summed E-state index contributed by atoms with van der Waals surface area (Å²) in [5.41, 5.74) is 9.22. The number of rotatable bonds is 5. The lowest BCUT2D eigenvalue weighted by Gasteiger charge is -2.36. The van der Waals surface area contributed by atoms with E-state index in [4.69, 9.17) is 25.5 Å². The summed E-state index contributed by atoms with van der Waals surface area (Å²) in [6, 6.07) is 9.39. The Kier molecular flexibility index (Phi) is 5.18. The Labute approximate surface area is 186 Å². The van der Waals surface area contributed by atoms with E-state index in [0.29, 0.717) is 39.8 Å². The fraction of sp³-hybridized carbons (Fsp3) is 0.333. The number of hydrogen-bond donors (Lipinski definition) is 1. The molecule has 0 aliphatic heterocycles. The van der Waals surface area contributed by atoms with Crippen LogP contribution in [0.1, 0.15) is 20.8 Å². The lowest BCUT2D eigenvalue weighted by Crippen LogP contribution is -2.48. The van der Waals surface area contributed by atoms with Gasteiger partial charge < -0.3 is 10.3 Å². The molecular formula is C21H25N9OSi. The highest BCUT2D eigenvalue weighted by Gasteiger charge is 2.41. The third kappa shape index (κ3) is 3.80. The number of hydrogen-bond acceptors (Lipinski definition) is 8. The van der Waals surface area contributed by atoms with E-state index < -0.39 is 8.32 Å². The minimum atomic E-state index is -2.26. The highest BCUT2D eigenvalue weighted by molar-refractivity contribution is 6.74. The Bertz CT molecular complexity index is 1330. The molecule has 10 nitrogen and oxygen atoms in total. The van der Waals surface area contributed by atoms with Gasteiger partial charge >= 0.3 is 0 Å². The molecule has 11 heteroatoms. The monoisotopic (exact) mass is 447 g/mol. The summed E-state index contributed by atoms with van der Waals surface area (Å²) in [6.07, 6.45) is 3.22. The second-order valence-corrected chi connectivity index (χ2v) is 13.7. The van der Waals surface area contributed by atoms with E-state index in [9.17, 15) is 0 Å². The van der Waals surface area contributed by atoms with Gasteiger partial charge in [0.05, 0.1) is 23.5 Å². The van der Waals surface area contributed by atoms with Crippen LogP contribution in [0.4, 0.5) is 5.82 Å². The van der Waals surface area contributed by atoms with Crippen molar-refractivity contribution in [2.75, 3.05) is 5.73 Å². The number of nitrogen functional groups attached to an aromatic ring is 1. The highest BCUT2D eigenvalue weighted by Crippen LogP contribution is 2.37. The smallest absolute Gasteiger partial charge is 0.284 e. The van der Waals surface area contributed by atoms with Gasteiger partial charge in [-0.05, 0) is 42.4 Å². The van der Waals surface area contributed by atoms with E-state index in [2.05, 4.69) is 49.0 Å². The molecule has 4 heterocycles. The van der Waals surface area contributed by atoms with Gasteiger partial charge in [-0.3, -0.25) is 0 Å². The van der Waals surface area contributed by atoms with E-state index in [0.717, 1.165) is 0 Å². The van der Waals surface area contributed by atoms with Crippen LogP contribution < -0.4 is 10.3 Å². The van der Waals surface area contributed by atoms with E-state index in [1.165, 1.54) is 4.80 Å². The first-order valence-corrected chi connectivity index (χ1v) is 13.1. The molecule has 32 heavy (non-hydrogen) atoms. The average Bonchev–Trinajstić information content (AvgIpc) is 3.32. The fourth-order valence-corrected chi connectivity index (χ4v) is 3.77. The third-order valence-electron chi connectivity index (χ3n) is 5.68. The van der Waals surface area contributed by atoms with Crippen LogP contribution in [0, 0.1) is 11.3 Å². The van der Waals surface area contributed by atoms with Crippen LogP contribution in [0.2, 0.25) is 18.1 Å². The first-order chi connectivity index (χ1) is 15.1. The molecule has 0 spiro atoms. The quantitative estimate of drug-likeness (QED) is 0.461. The summed E-state index contributed by atoms with van der Waals surface area (Å²) in [5.74, 6) is 0.913. The number of pyridine rings is 2. The minimum absolute atomic E-state index is 0.0427. The molecule has 164 valence electrons. The normalized spacial score (nSPS) is 12.1. The SMILES string of the molecule is CC(C)(C)[Si](C)(C)On1c(-c2cccnc2N)nc2ccc(-c3cnn(CC#N)n3)nc21. The van der Waals surface area contributed by atoms with Crippen molar-refractivity contribution in [3.8, 4) is 28.8 Å². The molecule has 0 aliphatic carbocycles. The molecule has 0 unspecified atom stereocenters. The van der Waals surface area contributed by atoms with Gasteiger partial charge in [0.2, 0.25) is 0 Å². The molecule has 0 amide bonds. The molecule has 0 fully saturated rings. The van der Waals surface area contributed by atoms with Gasteiger partial charge in [-0.25, -0.2) is 15.0 Å². The maximum Gasteiger partial charge on any atom is 0.284 e. The zero-order chi connectivity index (χ0) is 23.1. The van der Waals surface area contributed by atoms with Crippen molar-refractivity contribution in [3.05, 3.63) is 36.7 Å². The van der Waals surface area contributed by atoms with E-state index in [1.807, 2.05) is 30.3 Å². The van der Waals surface area contributed by atoms with E-state index >= 15 is 0 Å². The molecule has 0 aliphatic rings. The topological polar surface area (TPSA) is 133 Å². The van der Waals surface area contributed by atoms with Gasteiger partial charge in [0.1, 0.15) is 23.6 Å². The van der Waals surface area contributed by atoms with Crippen molar-refractivity contribution in [2.45, 2.75) is 45.4 Å². The number of nitrogens with two attached hydrogens (primary N) is 1. The fourth-order valence-electron chi connectivity index (χ4n) is 2.86. The molecule has 0 saturated heterocycles. The number of imidazole rings is 1. The Morgan fingerprint density at radius 3 is 2.62 bits per heavy atom. The molecule has 0 atom stereocenters. The summed E-state index contributed by atoms with van der Waals surface area (Å²) in [4.78, 5) is 15.1. The zero-order valence-corrected chi connectivity index (χ0v) is 19.7. The predicted octanol–water partition coefficient (Wildman–Crippen LogP) is 3.29. The second kappa shape index (κ2) is 7.72. The standard InChI is InChI=1S/C21H25N9OSi/c1-21(2,3)32(4,5)31-30-19(14-7-6-11-24-18(14)23)27-16-9-8-15(26-20(16)30)17-13-25-29(28-17)12-10-22/h6-9,11,13H,12H2,1-5H3,(H2,23,24). The van der Waals surface area contributed by atoms with Gasteiger partial charge in [-0.2, -0.15) is 25.0 Å². The van der Waals surface area contributed by atoms with E-state index in [-0.39, 0.29) is 11.6 Å². The summed E-state index contributed by atoms with van der Waals surface area (Å²) in [6.45, 7) is 10.9. The number of anilines is 1. The predicted molar refractivity (Wildman–Crippen MR) is 124 cm³/mol. The lowest BCUT2D eigenvalue weighted by atomic mass is 10.2. The van der Waals surface area contributed by atoms with Gasteiger partial charge in [-0.15, -0.1) is 0 Å². The van der Waals surface area contributed by atoms with Crippen molar-refractivity contribution >= 4 is 25.3 Å². The Balaban J connectivity index is 1.91. The molecule has 4 aromatic rings. The summed E-state index contributed by atoms with van der Waals surface area (Å²) in [5, 5.41) is 17.3.